The molecule has 2 heterocycles. The van der Waals surface area contributed by atoms with Crippen LogP contribution in [-0.4, -0.2) is 73.3 Å². The van der Waals surface area contributed by atoms with Crippen molar-refractivity contribution >= 4 is 5.91 Å². The summed E-state index contributed by atoms with van der Waals surface area (Å²) in [5.74, 6) is 1.06. The molecule has 28 heavy (non-hydrogen) atoms. The van der Waals surface area contributed by atoms with E-state index < -0.39 is 0 Å². The van der Waals surface area contributed by atoms with Crippen molar-refractivity contribution in [2.24, 2.45) is 0 Å². The van der Waals surface area contributed by atoms with Gasteiger partial charge in [0.15, 0.2) is 0 Å². The van der Waals surface area contributed by atoms with Gasteiger partial charge in [-0.1, -0.05) is 31.0 Å². The van der Waals surface area contributed by atoms with E-state index in [0.717, 1.165) is 57.3 Å². The quantitative estimate of drug-likeness (QED) is 0.838. The summed E-state index contributed by atoms with van der Waals surface area (Å²) in [5, 5.41) is 3.27. The van der Waals surface area contributed by atoms with Gasteiger partial charge in [-0.25, -0.2) is 0 Å². The van der Waals surface area contributed by atoms with E-state index in [-0.39, 0.29) is 17.6 Å². The number of nitrogens with zero attached hydrogens (tertiary/aromatic N) is 2. The maximum atomic E-state index is 12.8. The molecule has 0 radical (unpaired) electrons. The number of para-hydroxylation sites is 1. The fourth-order valence-electron chi connectivity index (χ4n) is 4.99. The van der Waals surface area contributed by atoms with Crippen molar-refractivity contribution in [3.8, 4) is 5.75 Å². The van der Waals surface area contributed by atoms with Gasteiger partial charge in [0.2, 0.25) is 5.91 Å². The van der Waals surface area contributed by atoms with Gasteiger partial charge in [0, 0.05) is 43.8 Å². The monoisotopic (exact) mass is 387 g/mol. The molecular formula is C22H33N3O3. The first kappa shape index (κ1) is 19.7. The van der Waals surface area contributed by atoms with E-state index in [0.29, 0.717) is 6.54 Å². The fraction of sp³-hybridized carbons (Fsp3) is 0.682. The number of hydrogen-bond acceptors (Lipinski definition) is 5. The maximum absolute atomic E-state index is 12.8. The van der Waals surface area contributed by atoms with Gasteiger partial charge in [0.25, 0.3) is 0 Å². The smallest absolute Gasteiger partial charge is 0.234 e. The molecule has 154 valence electrons. The molecule has 1 saturated heterocycles. The van der Waals surface area contributed by atoms with Crippen LogP contribution in [0.5, 0.6) is 5.75 Å². The van der Waals surface area contributed by atoms with Gasteiger partial charge in [0.05, 0.1) is 19.8 Å². The number of rotatable bonds is 5. The zero-order valence-corrected chi connectivity index (χ0v) is 17.0. The molecule has 6 nitrogen and oxygen atoms in total. The Hall–Kier alpha value is -1.63. The number of morpholine rings is 1. The summed E-state index contributed by atoms with van der Waals surface area (Å²) in [6.07, 6.45) is 4.94. The number of ether oxygens (including phenoxy) is 2. The molecule has 1 aromatic rings. The van der Waals surface area contributed by atoms with Crippen LogP contribution in [0, 0.1) is 0 Å². The Morgan fingerprint density at radius 1 is 1.21 bits per heavy atom. The third-order valence-corrected chi connectivity index (χ3v) is 6.41. The van der Waals surface area contributed by atoms with Crippen molar-refractivity contribution in [3.63, 3.8) is 0 Å². The summed E-state index contributed by atoms with van der Waals surface area (Å²) < 4.78 is 11.5. The van der Waals surface area contributed by atoms with Crippen LogP contribution in [0.25, 0.3) is 0 Å². The van der Waals surface area contributed by atoms with Crippen molar-refractivity contribution in [2.45, 2.75) is 50.8 Å². The lowest BCUT2D eigenvalue weighted by Gasteiger charge is -2.43. The van der Waals surface area contributed by atoms with Crippen LogP contribution in [0.15, 0.2) is 24.3 Å². The highest BCUT2D eigenvalue weighted by Gasteiger charge is 2.40. The molecule has 1 unspecified atom stereocenters. The minimum atomic E-state index is 0.0750. The van der Waals surface area contributed by atoms with Gasteiger partial charge in [-0.3, -0.25) is 14.6 Å². The molecule has 1 aromatic carbocycles. The zero-order valence-electron chi connectivity index (χ0n) is 17.0. The van der Waals surface area contributed by atoms with Crippen molar-refractivity contribution in [1.82, 2.24) is 15.1 Å². The molecule has 6 heteroatoms. The predicted molar refractivity (Wildman–Crippen MR) is 108 cm³/mol. The van der Waals surface area contributed by atoms with E-state index in [4.69, 9.17) is 9.47 Å². The number of fused-ring (bicyclic) bond motifs is 1. The molecule has 4 rings (SSSR count). The van der Waals surface area contributed by atoms with E-state index in [1.54, 1.807) is 0 Å². The molecule has 0 spiro atoms. The molecule has 2 fully saturated rings. The Morgan fingerprint density at radius 2 is 1.96 bits per heavy atom. The van der Waals surface area contributed by atoms with Crippen molar-refractivity contribution in [2.75, 3.05) is 45.9 Å². The molecular weight excluding hydrogens is 354 g/mol. The summed E-state index contributed by atoms with van der Waals surface area (Å²) in [6.45, 7) is 8.32. The number of benzene rings is 1. The van der Waals surface area contributed by atoms with E-state index in [9.17, 15) is 4.79 Å². The van der Waals surface area contributed by atoms with Gasteiger partial charge in [-0.05, 0) is 25.8 Å². The molecule has 0 aromatic heterocycles. The van der Waals surface area contributed by atoms with Crippen LogP contribution in [-0.2, 0) is 16.1 Å². The Kier molecular flexibility index (Phi) is 6.19. The molecule has 1 N–H and O–H groups in total. The molecule has 0 bridgehead atoms. The minimum Gasteiger partial charge on any atom is -0.489 e. The Balaban J connectivity index is 1.34. The summed E-state index contributed by atoms with van der Waals surface area (Å²) in [4.78, 5) is 17.5. The first-order valence-corrected chi connectivity index (χ1v) is 10.7. The lowest BCUT2D eigenvalue weighted by molar-refractivity contribution is -0.123. The van der Waals surface area contributed by atoms with Crippen LogP contribution < -0.4 is 10.1 Å². The molecule has 2 aliphatic heterocycles. The van der Waals surface area contributed by atoms with Crippen LogP contribution in [0.4, 0.5) is 0 Å². The van der Waals surface area contributed by atoms with E-state index in [2.05, 4.69) is 28.1 Å². The first-order chi connectivity index (χ1) is 13.6. The second kappa shape index (κ2) is 8.80. The van der Waals surface area contributed by atoms with Gasteiger partial charge in [-0.15, -0.1) is 0 Å². The number of hydrogen-bond donors (Lipinski definition) is 1. The van der Waals surface area contributed by atoms with Crippen LogP contribution in [0.2, 0.25) is 0 Å². The molecule has 1 aliphatic carbocycles. The number of amides is 1. The Morgan fingerprint density at radius 3 is 2.75 bits per heavy atom. The molecule has 1 atom stereocenters. The van der Waals surface area contributed by atoms with Crippen LogP contribution in [0.3, 0.4) is 0 Å². The predicted octanol–water partition coefficient (Wildman–Crippen LogP) is 2.03. The van der Waals surface area contributed by atoms with Crippen molar-refractivity contribution in [1.29, 1.82) is 0 Å². The molecule has 1 saturated carbocycles. The zero-order chi connectivity index (χ0) is 19.4. The lowest BCUT2D eigenvalue weighted by atomic mass is 9.94. The average Bonchev–Trinajstić information content (AvgIpc) is 3.12. The van der Waals surface area contributed by atoms with Gasteiger partial charge < -0.3 is 14.8 Å². The summed E-state index contributed by atoms with van der Waals surface area (Å²) in [6, 6.07) is 8.13. The largest absolute Gasteiger partial charge is 0.489 e. The van der Waals surface area contributed by atoms with E-state index >= 15 is 0 Å². The van der Waals surface area contributed by atoms with Gasteiger partial charge >= 0.3 is 0 Å². The normalized spacial score (nSPS) is 25.5. The first-order valence-electron chi connectivity index (χ1n) is 10.7. The number of nitrogens with one attached hydrogen (secondary N) is 1. The fourth-order valence-corrected chi connectivity index (χ4v) is 4.99. The van der Waals surface area contributed by atoms with Gasteiger partial charge in [0.1, 0.15) is 11.9 Å². The van der Waals surface area contributed by atoms with Crippen molar-refractivity contribution < 1.29 is 14.3 Å². The summed E-state index contributed by atoms with van der Waals surface area (Å²) >= 11 is 0. The third kappa shape index (κ3) is 4.50. The SMILES string of the molecule is CC1CN(CC(=O)NCC2(N3CCOCC3)CCCC2)Cc2ccccc2O1. The highest BCUT2D eigenvalue weighted by atomic mass is 16.5. The molecule has 1 amide bonds. The lowest BCUT2D eigenvalue weighted by Crippen LogP contribution is -2.58. The maximum Gasteiger partial charge on any atom is 0.234 e. The highest BCUT2D eigenvalue weighted by Crippen LogP contribution is 2.35. The minimum absolute atomic E-state index is 0.0750. The van der Waals surface area contributed by atoms with Crippen LogP contribution in [0.1, 0.15) is 38.2 Å². The standard InChI is InChI=1S/C22H33N3O3/c1-18-14-24(15-19-6-2-3-7-20(19)28-18)16-21(26)23-17-22(8-4-5-9-22)25-10-12-27-13-11-25/h2-3,6-7,18H,4-5,8-17H2,1H3,(H,23,26). The number of carbonyl (C=O) groups is 1. The molecule has 3 aliphatic rings. The average molecular weight is 388 g/mol. The van der Waals surface area contributed by atoms with Crippen LogP contribution >= 0.6 is 0 Å². The van der Waals surface area contributed by atoms with E-state index in [1.807, 2.05) is 18.2 Å². The third-order valence-electron chi connectivity index (χ3n) is 6.41. The topological polar surface area (TPSA) is 54.0 Å². The second-order valence-electron chi connectivity index (χ2n) is 8.51. The summed E-state index contributed by atoms with van der Waals surface area (Å²) in [5.41, 5.74) is 1.28. The Labute approximate surface area is 168 Å². The van der Waals surface area contributed by atoms with Gasteiger partial charge in [-0.2, -0.15) is 0 Å². The number of carbonyl (C=O) groups excluding carboxylic acids is 1. The second-order valence-corrected chi connectivity index (χ2v) is 8.51. The highest BCUT2D eigenvalue weighted by molar-refractivity contribution is 5.78. The van der Waals surface area contributed by atoms with Crippen molar-refractivity contribution in [3.05, 3.63) is 29.8 Å². The van der Waals surface area contributed by atoms with E-state index in [1.165, 1.54) is 25.7 Å². The Bertz CT molecular complexity index is 669. The summed E-state index contributed by atoms with van der Waals surface area (Å²) in [7, 11) is 0.